The standard InChI is InChI=1S/C10H8F3N3/c1-4-9(15-16-10(4)14)5-2-3-6(11)8(13)7(5)12/h2-3H,1H3,(H3,14,15,16). The SMILES string of the molecule is Cc1c(N)n[nH]c1-c1ccc(F)c(F)c1F. The summed E-state index contributed by atoms with van der Waals surface area (Å²) in [6.45, 7) is 1.61. The van der Waals surface area contributed by atoms with Crippen molar-refractivity contribution >= 4 is 5.82 Å². The maximum absolute atomic E-state index is 13.4. The van der Waals surface area contributed by atoms with E-state index in [0.29, 0.717) is 5.56 Å². The van der Waals surface area contributed by atoms with Crippen LogP contribution in [0.2, 0.25) is 0 Å². The van der Waals surface area contributed by atoms with Gasteiger partial charge in [-0.2, -0.15) is 5.10 Å². The molecule has 0 aliphatic carbocycles. The minimum atomic E-state index is -1.51. The van der Waals surface area contributed by atoms with E-state index >= 15 is 0 Å². The van der Waals surface area contributed by atoms with Crippen LogP contribution in [0.25, 0.3) is 11.3 Å². The number of aromatic nitrogens is 2. The van der Waals surface area contributed by atoms with Crippen molar-refractivity contribution in [2.45, 2.75) is 6.92 Å². The first-order valence-electron chi connectivity index (χ1n) is 4.46. The third-order valence-corrected chi connectivity index (χ3v) is 2.35. The summed E-state index contributed by atoms with van der Waals surface area (Å²) in [6, 6.07) is 1.98. The van der Waals surface area contributed by atoms with Gasteiger partial charge in [0.05, 0.1) is 5.69 Å². The molecule has 0 saturated heterocycles. The Morgan fingerprint density at radius 1 is 1.19 bits per heavy atom. The molecule has 2 aromatic rings. The molecule has 16 heavy (non-hydrogen) atoms. The first kappa shape index (κ1) is 10.5. The maximum Gasteiger partial charge on any atom is 0.195 e. The summed E-state index contributed by atoms with van der Waals surface area (Å²) < 4.78 is 39.1. The minimum absolute atomic E-state index is 0.0967. The summed E-state index contributed by atoms with van der Waals surface area (Å²) in [4.78, 5) is 0. The average molecular weight is 227 g/mol. The van der Waals surface area contributed by atoms with Gasteiger partial charge in [0, 0.05) is 11.1 Å². The fourth-order valence-electron chi connectivity index (χ4n) is 1.39. The van der Waals surface area contributed by atoms with Crippen LogP contribution in [0.5, 0.6) is 0 Å². The number of nitrogens with two attached hydrogens (primary N) is 1. The van der Waals surface area contributed by atoms with Crippen LogP contribution in [0.15, 0.2) is 12.1 Å². The average Bonchev–Trinajstić information content (AvgIpc) is 2.58. The van der Waals surface area contributed by atoms with Gasteiger partial charge in [-0.3, -0.25) is 5.10 Å². The topological polar surface area (TPSA) is 54.7 Å². The predicted molar refractivity (Wildman–Crippen MR) is 53.0 cm³/mol. The highest BCUT2D eigenvalue weighted by Gasteiger charge is 2.18. The van der Waals surface area contributed by atoms with Crippen molar-refractivity contribution in [3.8, 4) is 11.3 Å². The Balaban J connectivity index is 2.66. The van der Waals surface area contributed by atoms with Crippen LogP contribution < -0.4 is 5.73 Å². The Morgan fingerprint density at radius 2 is 1.88 bits per heavy atom. The van der Waals surface area contributed by atoms with E-state index in [1.54, 1.807) is 6.92 Å². The van der Waals surface area contributed by atoms with Gasteiger partial charge < -0.3 is 5.73 Å². The summed E-state index contributed by atoms with van der Waals surface area (Å²) >= 11 is 0. The zero-order valence-corrected chi connectivity index (χ0v) is 8.31. The first-order valence-corrected chi connectivity index (χ1v) is 4.46. The zero-order valence-electron chi connectivity index (χ0n) is 8.31. The van der Waals surface area contributed by atoms with Gasteiger partial charge in [-0.25, -0.2) is 13.2 Å². The molecule has 1 aromatic carbocycles. The lowest BCUT2D eigenvalue weighted by atomic mass is 10.1. The third kappa shape index (κ3) is 1.42. The zero-order chi connectivity index (χ0) is 11.9. The second kappa shape index (κ2) is 3.55. The highest BCUT2D eigenvalue weighted by atomic mass is 19.2. The normalized spacial score (nSPS) is 10.8. The van der Waals surface area contributed by atoms with E-state index in [0.717, 1.165) is 12.1 Å². The fourth-order valence-corrected chi connectivity index (χ4v) is 1.39. The van der Waals surface area contributed by atoms with Gasteiger partial charge in [0.2, 0.25) is 0 Å². The number of hydrogen-bond donors (Lipinski definition) is 2. The molecule has 0 fully saturated rings. The summed E-state index contributed by atoms with van der Waals surface area (Å²) in [5, 5.41) is 6.13. The molecule has 0 spiro atoms. The van der Waals surface area contributed by atoms with Crippen LogP contribution in [0.1, 0.15) is 5.56 Å². The molecule has 0 atom stereocenters. The third-order valence-electron chi connectivity index (χ3n) is 2.35. The molecule has 0 aliphatic heterocycles. The molecular weight excluding hydrogens is 219 g/mol. The molecule has 0 unspecified atom stereocenters. The van der Waals surface area contributed by atoms with E-state index in [2.05, 4.69) is 10.2 Å². The molecule has 6 heteroatoms. The largest absolute Gasteiger partial charge is 0.382 e. The van der Waals surface area contributed by atoms with Crippen molar-refractivity contribution in [3.63, 3.8) is 0 Å². The summed E-state index contributed by atoms with van der Waals surface area (Å²) in [5.41, 5.74) is 6.10. The van der Waals surface area contributed by atoms with Gasteiger partial charge in [0.25, 0.3) is 0 Å². The molecule has 0 aliphatic rings. The van der Waals surface area contributed by atoms with E-state index in [-0.39, 0.29) is 17.1 Å². The van der Waals surface area contributed by atoms with Crippen molar-refractivity contribution in [2.75, 3.05) is 5.73 Å². The number of nitrogens with one attached hydrogen (secondary N) is 1. The van der Waals surface area contributed by atoms with Crippen LogP contribution >= 0.6 is 0 Å². The van der Waals surface area contributed by atoms with E-state index in [4.69, 9.17) is 5.73 Å². The molecule has 1 aromatic heterocycles. The minimum Gasteiger partial charge on any atom is -0.382 e. The summed E-state index contributed by atoms with van der Waals surface area (Å²) in [7, 11) is 0. The molecule has 3 N–H and O–H groups in total. The van der Waals surface area contributed by atoms with Crippen LogP contribution in [0.3, 0.4) is 0 Å². The molecule has 1 heterocycles. The number of halogens is 3. The summed E-state index contributed by atoms with van der Waals surface area (Å²) in [5.74, 6) is -3.80. The number of aromatic amines is 1. The second-order valence-corrected chi connectivity index (χ2v) is 3.33. The van der Waals surface area contributed by atoms with E-state index in [9.17, 15) is 13.2 Å². The number of hydrogen-bond acceptors (Lipinski definition) is 2. The van der Waals surface area contributed by atoms with Gasteiger partial charge in [-0.05, 0) is 19.1 Å². The van der Waals surface area contributed by atoms with E-state index < -0.39 is 17.5 Å². The van der Waals surface area contributed by atoms with Crippen LogP contribution in [0.4, 0.5) is 19.0 Å². The van der Waals surface area contributed by atoms with Crippen LogP contribution in [-0.4, -0.2) is 10.2 Å². The molecular formula is C10H8F3N3. The van der Waals surface area contributed by atoms with Crippen molar-refractivity contribution in [2.24, 2.45) is 0 Å². The molecule has 0 radical (unpaired) electrons. The Morgan fingerprint density at radius 3 is 2.44 bits per heavy atom. The second-order valence-electron chi connectivity index (χ2n) is 3.33. The fraction of sp³-hybridized carbons (Fsp3) is 0.100. The van der Waals surface area contributed by atoms with Gasteiger partial charge in [-0.1, -0.05) is 0 Å². The molecule has 0 saturated carbocycles. The Kier molecular flexibility index (Phi) is 2.34. The van der Waals surface area contributed by atoms with Gasteiger partial charge in [0.15, 0.2) is 17.5 Å². The quantitative estimate of drug-likeness (QED) is 0.735. The van der Waals surface area contributed by atoms with Gasteiger partial charge in [-0.15, -0.1) is 0 Å². The number of benzene rings is 1. The highest BCUT2D eigenvalue weighted by Crippen LogP contribution is 2.28. The van der Waals surface area contributed by atoms with Gasteiger partial charge >= 0.3 is 0 Å². The van der Waals surface area contributed by atoms with E-state index in [1.807, 2.05) is 0 Å². The van der Waals surface area contributed by atoms with Crippen LogP contribution in [-0.2, 0) is 0 Å². The number of anilines is 1. The first-order chi connectivity index (χ1) is 7.52. The predicted octanol–water partition coefficient (Wildman–Crippen LogP) is 2.38. The lowest BCUT2D eigenvalue weighted by molar-refractivity contribution is 0.448. The molecule has 3 nitrogen and oxygen atoms in total. The monoisotopic (exact) mass is 227 g/mol. The number of nitrogens with zero attached hydrogens (tertiary/aromatic N) is 1. The summed E-state index contributed by atoms with van der Waals surface area (Å²) in [6.07, 6.45) is 0. The van der Waals surface area contributed by atoms with E-state index in [1.165, 1.54) is 0 Å². The highest BCUT2D eigenvalue weighted by molar-refractivity contribution is 5.68. The number of nitrogen functional groups attached to an aromatic ring is 1. The van der Waals surface area contributed by atoms with Crippen molar-refractivity contribution in [1.82, 2.24) is 10.2 Å². The molecule has 84 valence electrons. The van der Waals surface area contributed by atoms with Crippen molar-refractivity contribution in [3.05, 3.63) is 35.1 Å². The van der Waals surface area contributed by atoms with Crippen molar-refractivity contribution in [1.29, 1.82) is 0 Å². The smallest absolute Gasteiger partial charge is 0.195 e. The number of rotatable bonds is 1. The Bertz CT molecular complexity index is 548. The van der Waals surface area contributed by atoms with Crippen LogP contribution in [0, 0.1) is 24.4 Å². The maximum atomic E-state index is 13.4. The Hall–Kier alpha value is -1.98. The lowest BCUT2D eigenvalue weighted by Gasteiger charge is -2.03. The molecule has 0 amide bonds. The molecule has 0 bridgehead atoms. The van der Waals surface area contributed by atoms with Gasteiger partial charge in [0.1, 0.15) is 5.82 Å². The number of H-pyrrole nitrogens is 1. The Labute approximate surface area is 89.1 Å². The lowest BCUT2D eigenvalue weighted by Crippen LogP contribution is -1.95. The van der Waals surface area contributed by atoms with Crippen molar-refractivity contribution < 1.29 is 13.2 Å². The molecule has 2 rings (SSSR count).